The number of nitrogens with zero attached hydrogens (tertiary/aromatic N) is 2. The molecule has 0 radical (unpaired) electrons. The molecule has 0 aliphatic carbocycles. The highest BCUT2D eigenvalue weighted by atomic mass is 16.5. The predicted molar refractivity (Wildman–Crippen MR) is 70.8 cm³/mol. The van der Waals surface area contributed by atoms with Gasteiger partial charge in [-0.2, -0.15) is 0 Å². The van der Waals surface area contributed by atoms with Crippen LogP contribution in [-0.2, 0) is 6.54 Å². The quantitative estimate of drug-likeness (QED) is 0.886. The molecule has 1 fully saturated rings. The van der Waals surface area contributed by atoms with E-state index in [-0.39, 0.29) is 6.10 Å². The van der Waals surface area contributed by atoms with Crippen LogP contribution in [0.1, 0.15) is 29.7 Å². The van der Waals surface area contributed by atoms with E-state index in [1.807, 2.05) is 13.1 Å². The second-order valence-corrected chi connectivity index (χ2v) is 5.08. The summed E-state index contributed by atoms with van der Waals surface area (Å²) in [6, 6.07) is 0. The van der Waals surface area contributed by atoms with Crippen molar-refractivity contribution < 1.29 is 9.84 Å². The number of rotatable bonds is 3. The Morgan fingerprint density at radius 2 is 2.28 bits per heavy atom. The molecule has 0 saturated carbocycles. The second kappa shape index (κ2) is 5.67. The number of ether oxygens (including phenoxy) is 1. The van der Waals surface area contributed by atoms with Gasteiger partial charge in [0.2, 0.25) is 0 Å². The van der Waals surface area contributed by atoms with E-state index < -0.39 is 0 Å². The lowest BCUT2D eigenvalue weighted by Gasteiger charge is -2.30. The number of hydrogen-bond acceptors (Lipinski definition) is 4. The van der Waals surface area contributed by atoms with Crippen LogP contribution in [0.2, 0.25) is 0 Å². The molecule has 1 N–H and O–H groups in total. The van der Waals surface area contributed by atoms with Crippen molar-refractivity contribution in [2.75, 3.05) is 20.2 Å². The lowest BCUT2D eigenvalue weighted by molar-refractivity contribution is 0.0660. The van der Waals surface area contributed by atoms with Gasteiger partial charge in [0.05, 0.1) is 18.9 Å². The van der Waals surface area contributed by atoms with Gasteiger partial charge in [-0.05, 0) is 33.2 Å². The zero-order valence-corrected chi connectivity index (χ0v) is 11.4. The van der Waals surface area contributed by atoms with E-state index >= 15 is 0 Å². The summed E-state index contributed by atoms with van der Waals surface area (Å²) in [7, 11) is 1.70. The van der Waals surface area contributed by atoms with Gasteiger partial charge in [0.25, 0.3) is 0 Å². The van der Waals surface area contributed by atoms with Gasteiger partial charge in [0.15, 0.2) is 0 Å². The maximum absolute atomic E-state index is 9.69. The molecule has 1 aromatic heterocycles. The zero-order valence-electron chi connectivity index (χ0n) is 11.4. The number of likely N-dealkylation sites (tertiary alicyclic amines) is 1. The lowest BCUT2D eigenvalue weighted by atomic mass is 10.1. The molecule has 1 aliphatic rings. The van der Waals surface area contributed by atoms with Crippen LogP contribution in [0.5, 0.6) is 5.75 Å². The molecule has 18 heavy (non-hydrogen) atoms. The molecule has 1 saturated heterocycles. The first-order chi connectivity index (χ1) is 8.61. The van der Waals surface area contributed by atoms with Crippen LogP contribution in [0, 0.1) is 13.8 Å². The summed E-state index contributed by atoms with van der Waals surface area (Å²) in [6.07, 6.45) is 3.65. The number of aliphatic hydroxyl groups is 1. The normalized spacial score (nSPS) is 21.0. The maximum atomic E-state index is 9.69. The van der Waals surface area contributed by atoms with Gasteiger partial charge in [-0.25, -0.2) is 0 Å². The number of methoxy groups -OCH3 is 1. The average Bonchev–Trinajstić information content (AvgIpc) is 2.34. The highest BCUT2D eigenvalue weighted by molar-refractivity contribution is 5.41. The van der Waals surface area contributed by atoms with Crippen LogP contribution in [-0.4, -0.2) is 41.3 Å². The Balaban J connectivity index is 2.14. The largest absolute Gasteiger partial charge is 0.496 e. The van der Waals surface area contributed by atoms with Crippen molar-refractivity contribution in [3.8, 4) is 5.75 Å². The Labute approximate surface area is 109 Å². The number of piperidine rings is 1. The van der Waals surface area contributed by atoms with E-state index in [0.717, 1.165) is 55.0 Å². The topological polar surface area (TPSA) is 45.6 Å². The molecule has 0 amide bonds. The van der Waals surface area contributed by atoms with Crippen LogP contribution >= 0.6 is 0 Å². The molecule has 2 heterocycles. The third-order valence-corrected chi connectivity index (χ3v) is 3.60. The van der Waals surface area contributed by atoms with E-state index in [9.17, 15) is 5.11 Å². The van der Waals surface area contributed by atoms with Crippen molar-refractivity contribution in [2.45, 2.75) is 39.3 Å². The number of aromatic nitrogens is 1. The first-order valence-corrected chi connectivity index (χ1v) is 6.51. The van der Waals surface area contributed by atoms with Crippen molar-refractivity contribution in [3.05, 3.63) is 23.0 Å². The molecule has 100 valence electrons. The second-order valence-electron chi connectivity index (χ2n) is 5.08. The summed E-state index contributed by atoms with van der Waals surface area (Å²) in [4.78, 5) is 6.76. The maximum Gasteiger partial charge on any atom is 0.128 e. The van der Waals surface area contributed by atoms with Crippen molar-refractivity contribution in [1.29, 1.82) is 0 Å². The Kier molecular flexibility index (Phi) is 4.19. The van der Waals surface area contributed by atoms with Crippen LogP contribution in [0.25, 0.3) is 0 Å². The summed E-state index contributed by atoms with van der Waals surface area (Å²) in [5.74, 6) is 0.928. The third kappa shape index (κ3) is 2.82. The number of aryl methyl sites for hydroxylation is 1. The van der Waals surface area contributed by atoms with Gasteiger partial charge in [-0.1, -0.05) is 0 Å². The van der Waals surface area contributed by atoms with Crippen molar-refractivity contribution in [1.82, 2.24) is 9.88 Å². The molecular weight excluding hydrogens is 228 g/mol. The fourth-order valence-electron chi connectivity index (χ4n) is 2.62. The molecule has 2 rings (SSSR count). The van der Waals surface area contributed by atoms with Gasteiger partial charge in [0, 0.05) is 30.4 Å². The average molecular weight is 250 g/mol. The third-order valence-electron chi connectivity index (χ3n) is 3.60. The molecule has 4 nitrogen and oxygen atoms in total. The van der Waals surface area contributed by atoms with Crippen molar-refractivity contribution in [2.24, 2.45) is 0 Å². The summed E-state index contributed by atoms with van der Waals surface area (Å²) < 4.78 is 5.42. The van der Waals surface area contributed by atoms with Gasteiger partial charge >= 0.3 is 0 Å². The van der Waals surface area contributed by atoms with Crippen molar-refractivity contribution >= 4 is 0 Å². The van der Waals surface area contributed by atoms with Crippen molar-refractivity contribution in [3.63, 3.8) is 0 Å². The molecule has 0 spiro atoms. The standard InChI is InChI=1S/C14H22N2O2/c1-10-7-15-13(11(2)14(10)18-3)9-16-6-4-5-12(17)8-16/h7,12,17H,4-6,8-9H2,1-3H3. The summed E-state index contributed by atoms with van der Waals surface area (Å²) >= 11 is 0. The smallest absolute Gasteiger partial charge is 0.128 e. The number of aliphatic hydroxyl groups excluding tert-OH is 1. The van der Waals surface area contributed by atoms with E-state index in [2.05, 4.69) is 16.8 Å². The zero-order chi connectivity index (χ0) is 13.1. The first-order valence-electron chi connectivity index (χ1n) is 6.51. The van der Waals surface area contributed by atoms with Gasteiger partial charge < -0.3 is 9.84 Å². The molecule has 4 heteroatoms. The molecule has 1 unspecified atom stereocenters. The van der Waals surface area contributed by atoms with E-state index in [1.165, 1.54) is 0 Å². The Morgan fingerprint density at radius 1 is 1.50 bits per heavy atom. The summed E-state index contributed by atoms with van der Waals surface area (Å²) in [5, 5.41) is 9.69. The fraction of sp³-hybridized carbons (Fsp3) is 0.643. The van der Waals surface area contributed by atoms with Crippen LogP contribution in [0.15, 0.2) is 6.20 Å². The first kappa shape index (κ1) is 13.3. The molecule has 1 atom stereocenters. The minimum absolute atomic E-state index is 0.189. The lowest BCUT2D eigenvalue weighted by Crippen LogP contribution is -2.38. The van der Waals surface area contributed by atoms with E-state index in [0.29, 0.717) is 0 Å². The number of hydrogen-bond donors (Lipinski definition) is 1. The van der Waals surface area contributed by atoms with Crippen LogP contribution < -0.4 is 4.74 Å². The summed E-state index contributed by atoms with van der Waals surface area (Å²) in [6.45, 7) is 6.63. The molecule has 1 aromatic rings. The number of pyridine rings is 1. The highest BCUT2D eigenvalue weighted by Crippen LogP contribution is 2.25. The Bertz CT molecular complexity index is 421. The molecule has 0 aromatic carbocycles. The van der Waals surface area contributed by atoms with Gasteiger partial charge in [-0.3, -0.25) is 9.88 Å². The molecular formula is C14H22N2O2. The van der Waals surface area contributed by atoms with Crippen LogP contribution in [0.4, 0.5) is 0 Å². The Hall–Kier alpha value is -1.13. The fourth-order valence-corrected chi connectivity index (χ4v) is 2.62. The minimum Gasteiger partial charge on any atom is -0.496 e. The van der Waals surface area contributed by atoms with Crippen LogP contribution in [0.3, 0.4) is 0 Å². The monoisotopic (exact) mass is 250 g/mol. The summed E-state index contributed by atoms with van der Waals surface area (Å²) in [5.41, 5.74) is 3.22. The molecule has 0 bridgehead atoms. The predicted octanol–water partition coefficient (Wildman–Crippen LogP) is 1.66. The SMILES string of the molecule is COc1c(C)cnc(CN2CCCC(O)C2)c1C. The van der Waals surface area contributed by atoms with Gasteiger partial charge in [-0.15, -0.1) is 0 Å². The van der Waals surface area contributed by atoms with Gasteiger partial charge in [0.1, 0.15) is 5.75 Å². The Morgan fingerprint density at radius 3 is 2.94 bits per heavy atom. The minimum atomic E-state index is -0.189. The highest BCUT2D eigenvalue weighted by Gasteiger charge is 2.19. The van der Waals surface area contributed by atoms with E-state index in [4.69, 9.17) is 4.74 Å². The number of β-amino-alcohol motifs (C(OH)–C–C–N with tert-alkyl or cyclic N) is 1. The van der Waals surface area contributed by atoms with E-state index in [1.54, 1.807) is 7.11 Å². The molecule has 1 aliphatic heterocycles.